The first-order valence-corrected chi connectivity index (χ1v) is 7.93. The van der Waals surface area contributed by atoms with Gasteiger partial charge in [0, 0.05) is 6.54 Å². The van der Waals surface area contributed by atoms with Crippen LogP contribution in [0.2, 0.25) is 5.02 Å². The van der Waals surface area contributed by atoms with Gasteiger partial charge in [0.15, 0.2) is 18.2 Å². The molecule has 0 spiro atoms. The Hall–Kier alpha value is -1.69. The van der Waals surface area contributed by atoms with E-state index < -0.39 is 30.1 Å². The molecule has 1 saturated carbocycles. The number of nitrogens with one attached hydrogen (secondary N) is 1. The van der Waals surface area contributed by atoms with Crippen LogP contribution in [0.25, 0.3) is 0 Å². The zero-order valence-electron chi connectivity index (χ0n) is 12.5. The number of esters is 1. The van der Waals surface area contributed by atoms with Crippen molar-refractivity contribution in [2.24, 2.45) is 5.92 Å². The van der Waals surface area contributed by atoms with Crippen molar-refractivity contribution >= 4 is 23.5 Å². The van der Waals surface area contributed by atoms with Crippen molar-refractivity contribution in [2.75, 3.05) is 13.2 Å². The Morgan fingerprint density at radius 2 is 1.83 bits per heavy atom. The van der Waals surface area contributed by atoms with Crippen LogP contribution in [0, 0.1) is 17.6 Å². The van der Waals surface area contributed by atoms with Crippen LogP contribution in [0.3, 0.4) is 0 Å². The molecule has 1 aliphatic carbocycles. The molecule has 0 heterocycles. The summed E-state index contributed by atoms with van der Waals surface area (Å²) < 4.78 is 30.8. The molecule has 23 heavy (non-hydrogen) atoms. The number of ether oxygens (including phenoxy) is 1. The van der Waals surface area contributed by atoms with Gasteiger partial charge in [0.2, 0.25) is 0 Å². The predicted molar refractivity (Wildman–Crippen MR) is 81.2 cm³/mol. The van der Waals surface area contributed by atoms with Gasteiger partial charge in [-0.25, -0.2) is 13.6 Å². The minimum absolute atomic E-state index is 0.267. The van der Waals surface area contributed by atoms with E-state index in [0.29, 0.717) is 24.6 Å². The normalized spacial score (nSPS) is 15.3. The summed E-state index contributed by atoms with van der Waals surface area (Å²) in [5.41, 5.74) is -0.314. The van der Waals surface area contributed by atoms with E-state index in [2.05, 4.69) is 5.32 Å². The first kappa shape index (κ1) is 17.7. The lowest BCUT2D eigenvalue weighted by Crippen LogP contribution is -2.33. The van der Waals surface area contributed by atoms with Crippen LogP contribution in [0.4, 0.5) is 8.78 Å². The average Bonchev–Trinajstić information content (AvgIpc) is 2.55. The maximum Gasteiger partial charge on any atom is 0.340 e. The predicted octanol–water partition coefficient (Wildman–Crippen LogP) is 3.47. The van der Waals surface area contributed by atoms with E-state index in [1.54, 1.807) is 0 Å². The van der Waals surface area contributed by atoms with Crippen LogP contribution in [0.15, 0.2) is 12.1 Å². The highest BCUT2D eigenvalue weighted by molar-refractivity contribution is 6.33. The largest absolute Gasteiger partial charge is 0.452 e. The molecule has 1 N–H and O–H groups in total. The van der Waals surface area contributed by atoms with E-state index in [0.717, 1.165) is 12.8 Å². The fraction of sp³-hybridized carbons (Fsp3) is 0.500. The summed E-state index contributed by atoms with van der Waals surface area (Å²) in [6.07, 6.45) is 5.75. The van der Waals surface area contributed by atoms with Crippen LogP contribution in [-0.4, -0.2) is 25.0 Å². The molecule has 1 aromatic rings. The molecular weight excluding hydrogens is 328 g/mol. The van der Waals surface area contributed by atoms with Crippen molar-refractivity contribution < 1.29 is 23.1 Å². The third kappa shape index (κ3) is 5.16. The lowest BCUT2D eigenvalue weighted by atomic mass is 9.89. The van der Waals surface area contributed by atoms with Gasteiger partial charge >= 0.3 is 5.97 Å². The fourth-order valence-corrected chi connectivity index (χ4v) is 2.82. The average molecular weight is 346 g/mol. The van der Waals surface area contributed by atoms with Crippen LogP contribution < -0.4 is 5.32 Å². The number of hydrogen-bond donors (Lipinski definition) is 1. The minimum atomic E-state index is -1.21. The summed E-state index contributed by atoms with van der Waals surface area (Å²) in [5, 5.41) is 2.44. The van der Waals surface area contributed by atoms with Crippen molar-refractivity contribution in [3.05, 3.63) is 34.4 Å². The Bertz CT molecular complexity index is 589. The fourth-order valence-electron chi connectivity index (χ4n) is 2.59. The molecule has 1 fully saturated rings. The maximum atomic E-state index is 13.1. The SMILES string of the molecule is O=C(COC(=O)c1cc(F)c(F)cc1Cl)NCC1CCCCC1. The first-order chi connectivity index (χ1) is 11.0. The van der Waals surface area contributed by atoms with Gasteiger partial charge in [-0.3, -0.25) is 4.79 Å². The Labute approximate surface area is 138 Å². The number of halogens is 3. The summed E-state index contributed by atoms with van der Waals surface area (Å²) in [5.74, 6) is -3.30. The summed E-state index contributed by atoms with van der Waals surface area (Å²) in [7, 11) is 0. The standard InChI is InChI=1S/C16H18ClF2NO3/c17-12-7-14(19)13(18)6-11(12)16(22)23-9-15(21)20-8-10-4-2-1-3-5-10/h6-7,10H,1-5,8-9H2,(H,20,21). The number of hydrogen-bond acceptors (Lipinski definition) is 3. The maximum absolute atomic E-state index is 13.1. The monoisotopic (exact) mass is 345 g/mol. The van der Waals surface area contributed by atoms with E-state index in [1.807, 2.05) is 0 Å². The van der Waals surface area contributed by atoms with Gasteiger partial charge in [-0.2, -0.15) is 0 Å². The van der Waals surface area contributed by atoms with Gasteiger partial charge in [-0.05, 0) is 30.9 Å². The van der Waals surface area contributed by atoms with E-state index in [-0.39, 0.29) is 10.6 Å². The molecule has 7 heteroatoms. The highest BCUT2D eigenvalue weighted by Crippen LogP contribution is 2.23. The van der Waals surface area contributed by atoms with Gasteiger partial charge in [-0.15, -0.1) is 0 Å². The zero-order valence-corrected chi connectivity index (χ0v) is 13.3. The second-order valence-electron chi connectivity index (χ2n) is 5.63. The summed E-state index contributed by atoms with van der Waals surface area (Å²) in [6, 6.07) is 1.34. The Kier molecular flexibility index (Phi) is 6.33. The molecule has 0 bridgehead atoms. The van der Waals surface area contributed by atoms with Crippen molar-refractivity contribution in [1.29, 1.82) is 0 Å². The van der Waals surface area contributed by atoms with E-state index in [1.165, 1.54) is 19.3 Å². The topological polar surface area (TPSA) is 55.4 Å². The molecule has 0 saturated heterocycles. The molecule has 0 unspecified atom stereocenters. The van der Waals surface area contributed by atoms with Crippen LogP contribution in [0.1, 0.15) is 42.5 Å². The molecule has 0 aromatic heterocycles. The van der Waals surface area contributed by atoms with Crippen LogP contribution in [-0.2, 0) is 9.53 Å². The molecular formula is C16H18ClF2NO3. The summed E-state index contributed by atoms with van der Waals surface area (Å²) in [6.45, 7) is 0.0726. The molecule has 0 aliphatic heterocycles. The van der Waals surface area contributed by atoms with Crippen LogP contribution >= 0.6 is 11.6 Å². The molecule has 1 aromatic carbocycles. The third-order valence-electron chi connectivity index (χ3n) is 3.88. The molecule has 0 atom stereocenters. The molecule has 126 valence electrons. The minimum Gasteiger partial charge on any atom is -0.452 e. The number of amides is 1. The Balaban J connectivity index is 1.79. The number of carbonyl (C=O) groups is 2. The van der Waals surface area contributed by atoms with Gasteiger partial charge in [0.25, 0.3) is 5.91 Å². The smallest absolute Gasteiger partial charge is 0.340 e. The second kappa shape index (κ2) is 8.24. The van der Waals surface area contributed by atoms with Crippen molar-refractivity contribution in [3.63, 3.8) is 0 Å². The second-order valence-corrected chi connectivity index (χ2v) is 6.04. The Morgan fingerprint density at radius 1 is 1.17 bits per heavy atom. The number of rotatable bonds is 5. The quantitative estimate of drug-likeness (QED) is 0.656. The highest BCUT2D eigenvalue weighted by atomic mass is 35.5. The van der Waals surface area contributed by atoms with Gasteiger partial charge in [-0.1, -0.05) is 30.9 Å². The van der Waals surface area contributed by atoms with Crippen LogP contribution in [0.5, 0.6) is 0 Å². The molecule has 2 rings (SSSR count). The molecule has 4 nitrogen and oxygen atoms in total. The molecule has 1 amide bonds. The lowest BCUT2D eigenvalue weighted by molar-refractivity contribution is -0.124. The van der Waals surface area contributed by atoms with Gasteiger partial charge in [0.1, 0.15) is 0 Å². The lowest BCUT2D eigenvalue weighted by Gasteiger charge is -2.21. The number of carbonyl (C=O) groups excluding carboxylic acids is 2. The van der Waals surface area contributed by atoms with Gasteiger partial charge < -0.3 is 10.1 Å². The summed E-state index contributed by atoms with van der Waals surface area (Å²) in [4.78, 5) is 23.4. The van der Waals surface area contributed by atoms with E-state index in [4.69, 9.17) is 16.3 Å². The van der Waals surface area contributed by atoms with Crippen molar-refractivity contribution in [1.82, 2.24) is 5.32 Å². The molecule has 0 radical (unpaired) electrons. The van der Waals surface area contributed by atoms with Crippen molar-refractivity contribution in [3.8, 4) is 0 Å². The number of benzene rings is 1. The highest BCUT2D eigenvalue weighted by Gasteiger charge is 2.18. The zero-order chi connectivity index (χ0) is 16.8. The van der Waals surface area contributed by atoms with E-state index in [9.17, 15) is 18.4 Å². The van der Waals surface area contributed by atoms with Crippen molar-refractivity contribution in [2.45, 2.75) is 32.1 Å². The third-order valence-corrected chi connectivity index (χ3v) is 4.19. The summed E-state index contributed by atoms with van der Waals surface area (Å²) >= 11 is 5.67. The molecule has 1 aliphatic rings. The first-order valence-electron chi connectivity index (χ1n) is 7.55. The Morgan fingerprint density at radius 3 is 2.52 bits per heavy atom. The van der Waals surface area contributed by atoms with E-state index >= 15 is 0 Å². The van der Waals surface area contributed by atoms with Gasteiger partial charge in [0.05, 0.1) is 10.6 Å².